The van der Waals surface area contributed by atoms with E-state index in [-0.39, 0.29) is 5.41 Å². The molecule has 54 heavy (non-hydrogen) atoms. The van der Waals surface area contributed by atoms with E-state index >= 15 is 0 Å². The van der Waals surface area contributed by atoms with Crippen LogP contribution >= 0.6 is 0 Å². The molecular formula is C51H31N3. The first-order chi connectivity index (χ1) is 26.8. The first-order valence-electron chi connectivity index (χ1n) is 18.6. The number of rotatable bonds is 3. The molecule has 0 N–H and O–H groups in total. The van der Waals surface area contributed by atoms with Gasteiger partial charge in [-0.05, 0) is 119 Å². The van der Waals surface area contributed by atoms with Crippen molar-refractivity contribution in [2.75, 3.05) is 0 Å². The smallest absolute Gasteiger partial charge is 0.122 e. The lowest BCUT2D eigenvalue weighted by molar-refractivity contribution is 0.766. The van der Waals surface area contributed by atoms with E-state index in [4.69, 9.17) is 10.2 Å². The molecule has 9 aromatic carbocycles. The van der Waals surface area contributed by atoms with Gasteiger partial charge in [-0.3, -0.25) is 0 Å². The summed E-state index contributed by atoms with van der Waals surface area (Å²) < 4.78 is 0. The molecule has 0 aliphatic heterocycles. The number of benzene rings is 9. The topological polar surface area (TPSA) is 30.7 Å². The van der Waals surface area contributed by atoms with Crippen LogP contribution in [-0.2, 0) is 5.41 Å². The van der Waals surface area contributed by atoms with Crippen molar-refractivity contribution in [2.24, 2.45) is 0 Å². The fourth-order valence-corrected chi connectivity index (χ4v) is 9.54. The van der Waals surface area contributed by atoms with Gasteiger partial charge in [0.25, 0.3) is 0 Å². The van der Waals surface area contributed by atoms with Crippen LogP contribution in [0.2, 0.25) is 0 Å². The molecule has 0 amide bonds. The minimum absolute atomic E-state index is 0.355. The number of hydrogen-bond acceptors (Lipinski definition) is 2. The van der Waals surface area contributed by atoms with Crippen LogP contribution in [0.1, 0.15) is 22.3 Å². The average Bonchev–Trinajstić information content (AvgIpc) is 3.91. The molecule has 250 valence electrons. The van der Waals surface area contributed by atoms with Gasteiger partial charge in [-0.1, -0.05) is 152 Å². The van der Waals surface area contributed by atoms with Gasteiger partial charge in [-0.2, -0.15) is 4.80 Å². The minimum atomic E-state index is -0.355. The normalized spacial score (nSPS) is 13.3. The lowest BCUT2D eigenvalue weighted by Gasteiger charge is -2.30. The van der Waals surface area contributed by atoms with Gasteiger partial charge in [0.2, 0.25) is 0 Å². The van der Waals surface area contributed by atoms with Crippen LogP contribution in [0, 0.1) is 0 Å². The molecule has 0 unspecified atom stereocenters. The third-order valence-electron chi connectivity index (χ3n) is 11.9. The molecule has 2 aliphatic rings. The Hall–Kier alpha value is -7.10. The molecule has 1 spiro atoms. The first-order valence-corrected chi connectivity index (χ1v) is 18.6. The Morgan fingerprint density at radius 2 is 0.926 bits per heavy atom. The van der Waals surface area contributed by atoms with Crippen molar-refractivity contribution in [1.29, 1.82) is 0 Å². The molecule has 3 heteroatoms. The van der Waals surface area contributed by atoms with E-state index in [0.29, 0.717) is 0 Å². The maximum Gasteiger partial charge on any atom is 0.122 e. The van der Waals surface area contributed by atoms with E-state index in [2.05, 4.69) is 158 Å². The number of hydrogen-bond donors (Lipinski definition) is 0. The molecule has 0 saturated heterocycles. The zero-order chi connectivity index (χ0) is 35.4. The monoisotopic (exact) mass is 685 g/mol. The fourth-order valence-electron chi connectivity index (χ4n) is 9.54. The Labute approximate surface area is 312 Å². The Kier molecular flexibility index (Phi) is 5.98. The maximum absolute atomic E-state index is 4.98. The summed E-state index contributed by atoms with van der Waals surface area (Å²) in [5.74, 6) is 0. The Balaban J connectivity index is 0.990. The summed E-state index contributed by atoms with van der Waals surface area (Å²) in [6, 6.07) is 68.7. The average molecular weight is 686 g/mol. The summed E-state index contributed by atoms with van der Waals surface area (Å²) in [7, 11) is 0. The first kappa shape index (κ1) is 29.5. The second-order valence-electron chi connectivity index (χ2n) is 14.6. The summed E-state index contributed by atoms with van der Waals surface area (Å²) in [4.78, 5) is 1.74. The van der Waals surface area contributed by atoms with Crippen molar-refractivity contribution in [3.63, 3.8) is 0 Å². The van der Waals surface area contributed by atoms with Gasteiger partial charge in [0.1, 0.15) is 11.0 Å². The zero-order valence-electron chi connectivity index (χ0n) is 29.2. The van der Waals surface area contributed by atoms with E-state index in [0.717, 1.165) is 27.5 Å². The van der Waals surface area contributed by atoms with Crippen LogP contribution < -0.4 is 0 Å². The summed E-state index contributed by atoms with van der Waals surface area (Å²) in [5.41, 5.74) is 18.0. The minimum Gasteiger partial charge on any atom is -0.150 e. The van der Waals surface area contributed by atoms with Crippen molar-refractivity contribution in [1.82, 2.24) is 15.0 Å². The van der Waals surface area contributed by atoms with Gasteiger partial charge in [0.15, 0.2) is 0 Å². The Morgan fingerprint density at radius 3 is 1.63 bits per heavy atom. The van der Waals surface area contributed by atoms with Crippen LogP contribution in [-0.4, -0.2) is 15.0 Å². The predicted molar refractivity (Wildman–Crippen MR) is 221 cm³/mol. The highest BCUT2D eigenvalue weighted by Crippen LogP contribution is 2.63. The lowest BCUT2D eigenvalue weighted by Crippen LogP contribution is -2.25. The largest absolute Gasteiger partial charge is 0.150 e. The molecule has 0 saturated carbocycles. The van der Waals surface area contributed by atoms with Crippen molar-refractivity contribution < 1.29 is 0 Å². The van der Waals surface area contributed by atoms with Crippen molar-refractivity contribution in [3.8, 4) is 50.2 Å². The van der Waals surface area contributed by atoms with E-state index in [1.807, 2.05) is 30.3 Å². The van der Waals surface area contributed by atoms with E-state index in [9.17, 15) is 0 Å². The number of para-hydroxylation sites is 1. The van der Waals surface area contributed by atoms with Gasteiger partial charge in [-0.25, -0.2) is 0 Å². The number of aromatic nitrogens is 3. The molecule has 1 heterocycles. The lowest BCUT2D eigenvalue weighted by atomic mass is 9.70. The standard InChI is InChI=1S/C51H31N3/c1-2-13-38(14-3-1)54-52-48-28-25-32-21-22-37-30-35(23-26-39(37)49(32)50(48)53-54)33-11-10-12-34(29-33)36-24-27-43-42-17-6-9-20-46(42)51(47(43)31-36)44-18-7-4-15-40(44)41-16-5-8-19-45(41)51/h1-31H. The summed E-state index contributed by atoms with van der Waals surface area (Å²) in [6.07, 6.45) is 0. The van der Waals surface area contributed by atoms with Crippen LogP contribution in [0.25, 0.3) is 82.8 Å². The molecule has 0 fully saturated rings. The van der Waals surface area contributed by atoms with E-state index in [1.165, 1.54) is 77.5 Å². The van der Waals surface area contributed by atoms with Gasteiger partial charge in [0, 0.05) is 5.39 Å². The third kappa shape index (κ3) is 3.96. The molecule has 10 aromatic rings. The predicted octanol–water partition coefficient (Wildman–Crippen LogP) is 12.4. The molecule has 2 aliphatic carbocycles. The second kappa shape index (κ2) is 11.0. The maximum atomic E-state index is 4.98. The highest BCUT2D eigenvalue weighted by molar-refractivity contribution is 6.18. The molecule has 0 bridgehead atoms. The third-order valence-corrected chi connectivity index (χ3v) is 11.9. The molecule has 0 radical (unpaired) electrons. The van der Waals surface area contributed by atoms with Gasteiger partial charge in [-0.15, -0.1) is 10.2 Å². The van der Waals surface area contributed by atoms with Crippen molar-refractivity contribution >= 4 is 32.6 Å². The van der Waals surface area contributed by atoms with Crippen LogP contribution in [0.5, 0.6) is 0 Å². The fraction of sp³-hybridized carbons (Fsp3) is 0.0196. The van der Waals surface area contributed by atoms with Crippen molar-refractivity contribution in [3.05, 3.63) is 210 Å². The van der Waals surface area contributed by atoms with Gasteiger partial charge >= 0.3 is 0 Å². The summed E-state index contributed by atoms with van der Waals surface area (Å²) in [5, 5.41) is 14.5. The SMILES string of the molecule is c1ccc(-n2nc3ccc4ccc5cc(-c6cccc(-c7ccc8c(c7)C7(c9ccccc9-c9ccccc97)c7ccccc7-8)c6)ccc5c4c3n2)cc1. The van der Waals surface area contributed by atoms with E-state index < -0.39 is 0 Å². The zero-order valence-corrected chi connectivity index (χ0v) is 29.2. The Morgan fingerprint density at radius 1 is 0.370 bits per heavy atom. The van der Waals surface area contributed by atoms with E-state index in [1.54, 1.807) is 4.80 Å². The van der Waals surface area contributed by atoms with Crippen molar-refractivity contribution in [2.45, 2.75) is 5.41 Å². The highest BCUT2D eigenvalue weighted by atomic mass is 15.5. The van der Waals surface area contributed by atoms with Crippen LogP contribution in [0.3, 0.4) is 0 Å². The van der Waals surface area contributed by atoms with Gasteiger partial charge in [0.05, 0.1) is 11.1 Å². The van der Waals surface area contributed by atoms with Crippen LogP contribution in [0.15, 0.2) is 188 Å². The Bertz CT molecular complexity index is 3110. The molecule has 3 nitrogen and oxygen atoms in total. The number of nitrogens with zero attached hydrogens (tertiary/aromatic N) is 3. The molecule has 1 aromatic heterocycles. The molecular weight excluding hydrogens is 655 g/mol. The summed E-state index contributed by atoms with van der Waals surface area (Å²) in [6.45, 7) is 0. The highest BCUT2D eigenvalue weighted by Gasteiger charge is 2.51. The molecule has 0 atom stereocenters. The van der Waals surface area contributed by atoms with Gasteiger partial charge < -0.3 is 0 Å². The molecule has 12 rings (SSSR count). The second-order valence-corrected chi connectivity index (χ2v) is 14.6. The number of fused-ring (bicyclic) bond motifs is 15. The summed E-state index contributed by atoms with van der Waals surface area (Å²) >= 11 is 0. The quantitative estimate of drug-likeness (QED) is 0.173. The van der Waals surface area contributed by atoms with Crippen LogP contribution in [0.4, 0.5) is 0 Å².